The summed E-state index contributed by atoms with van der Waals surface area (Å²) in [4.78, 5) is 16.2. The van der Waals surface area contributed by atoms with Gasteiger partial charge in [-0.2, -0.15) is 0 Å². The van der Waals surface area contributed by atoms with Gasteiger partial charge in [0.05, 0.1) is 52.5 Å². The molecule has 1 aromatic rings. The predicted molar refractivity (Wildman–Crippen MR) is 222 cm³/mol. The molecule has 8 unspecified atom stereocenters. The molecule has 3 heterocycles. The van der Waals surface area contributed by atoms with Gasteiger partial charge < -0.3 is 58.9 Å². The highest BCUT2D eigenvalue weighted by molar-refractivity contribution is 7.89. The second-order valence-electron chi connectivity index (χ2n) is 18.7. The molecule has 0 saturated carbocycles. The number of rotatable bonds is 9. The largest absolute Gasteiger partial charge is 0.459 e. The highest BCUT2D eigenvalue weighted by Crippen LogP contribution is 2.40. The van der Waals surface area contributed by atoms with E-state index in [9.17, 15) is 38.7 Å². The van der Waals surface area contributed by atoms with Crippen LogP contribution in [0.5, 0.6) is 0 Å². The lowest BCUT2D eigenvalue weighted by Gasteiger charge is -2.48. The molecule has 60 heavy (non-hydrogen) atoms. The fourth-order valence-corrected chi connectivity index (χ4v) is 10.6. The predicted octanol–water partition coefficient (Wildman–Crippen LogP) is 2.63. The maximum atomic E-state index is 14.3. The van der Waals surface area contributed by atoms with E-state index in [-0.39, 0.29) is 36.5 Å². The van der Waals surface area contributed by atoms with Gasteiger partial charge in [-0.1, -0.05) is 38.5 Å². The Morgan fingerprint density at radius 1 is 0.933 bits per heavy atom. The van der Waals surface area contributed by atoms with E-state index in [1.54, 1.807) is 74.6 Å². The zero-order valence-corrected chi connectivity index (χ0v) is 38.6. The number of sulfonamides is 1. The van der Waals surface area contributed by atoms with Crippen LogP contribution in [0.15, 0.2) is 29.2 Å². The highest BCUT2D eigenvalue weighted by Gasteiger charge is 2.53. The Labute approximate surface area is 357 Å². The Balaban J connectivity index is 1.80. The van der Waals surface area contributed by atoms with Gasteiger partial charge in [-0.25, -0.2) is 13.1 Å². The van der Waals surface area contributed by atoms with E-state index < -0.39 is 118 Å². The van der Waals surface area contributed by atoms with Crippen molar-refractivity contribution >= 4 is 16.0 Å². The van der Waals surface area contributed by atoms with Gasteiger partial charge >= 0.3 is 5.97 Å². The van der Waals surface area contributed by atoms with Crippen molar-refractivity contribution in [3.63, 3.8) is 0 Å². The van der Waals surface area contributed by atoms with Crippen molar-refractivity contribution in [1.29, 1.82) is 0 Å². The van der Waals surface area contributed by atoms with E-state index in [0.717, 1.165) is 5.56 Å². The van der Waals surface area contributed by atoms with Crippen LogP contribution < -0.4 is 4.72 Å². The zero-order valence-electron chi connectivity index (χ0n) is 37.8. The summed E-state index contributed by atoms with van der Waals surface area (Å²) >= 11 is 0. The van der Waals surface area contributed by atoms with Crippen molar-refractivity contribution < 1.29 is 67.2 Å². The molecule has 3 saturated heterocycles. The van der Waals surface area contributed by atoms with Crippen molar-refractivity contribution in [2.45, 2.75) is 197 Å². The van der Waals surface area contributed by atoms with Gasteiger partial charge in [0.1, 0.15) is 30.0 Å². The summed E-state index contributed by atoms with van der Waals surface area (Å²) in [6.07, 6.45) is -10.7. The smallest absolute Gasteiger partial charge is 0.311 e. The van der Waals surface area contributed by atoms with Crippen LogP contribution in [0.1, 0.15) is 100 Å². The Bertz CT molecular complexity index is 1660. The van der Waals surface area contributed by atoms with Crippen molar-refractivity contribution in [3.8, 4) is 0 Å². The molecule has 1 aromatic carbocycles. The maximum absolute atomic E-state index is 14.3. The molecule has 0 aromatic heterocycles. The third-order valence-electron chi connectivity index (χ3n) is 13.2. The SMILES string of the molecule is CC[C@H]1OC(=O)[C@H](C)[C@@H](OC2CC(C)(OC)C(O)C(C)O2)[C@H](C)[C@@H](OC2OC(C)CC(NS(=O)(=O)c3ccc(C)cc3)C2O)[C@](C)(O)C[C@@H](C)CN(C)[C@H](C)[C@@H](O)[C@]1(C)O. The normalized spacial score (nSPS) is 44.7. The van der Waals surface area contributed by atoms with E-state index in [1.807, 2.05) is 18.7 Å². The fourth-order valence-electron chi connectivity index (χ4n) is 9.35. The van der Waals surface area contributed by atoms with Gasteiger partial charge in [0.25, 0.3) is 0 Å². The van der Waals surface area contributed by atoms with Crippen LogP contribution in [0.4, 0.5) is 0 Å². The second kappa shape index (κ2) is 19.9. The molecule has 3 fully saturated rings. The summed E-state index contributed by atoms with van der Waals surface area (Å²) in [6.45, 7) is 19.1. The standard InChI is InChI=1S/C43H74N2O14S/c1-14-32-43(11,51)36(47)28(7)45(12)22-24(3)20-41(9,50)38(26(5)35(27(6)39(49)57-32)58-33-21-42(10,54-13)37(48)29(8)56-33)59-40-34(46)31(19-25(4)55-40)44-60(52,53)30-17-15-23(2)16-18-30/h15-18,24-29,31-38,40,44,46-48,50-51H,14,19-22H2,1-13H3/t24-,25?,26+,27-,28-,29?,31?,32-,33?,34?,35+,36-,37?,38-,40?,41-,42?,43-/m1/s1. The Kier molecular flexibility index (Phi) is 16.9. The summed E-state index contributed by atoms with van der Waals surface area (Å²) < 4.78 is 67.2. The highest BCUT2D eigenvalue weighted by atomic mass is 32.2. The quantitative estimate of drug-likeness (QED) is 0.196. The Morgan fingerprint density at radius 3 is 2.13 bits per heavy atom. The van der Waals surface area contributed by atoms with Crippen LogP contribution in [0.25, 0.3) is 0 Å². The van der Waals surface area contributed by atoms with Gasteiger partial charge in [-0.15, -0.1) is 0 Å². The molecular formula is C43H74N2O14S. The van der Waals surface area contributed by atoms with E-state index >= 15 is 0 Å². The molecule has 4 rings (SSSR count). The first kappa shape index (κ1) is 50.8. The number of nitrogens with one attached hydrogen (secondary N) is 1. The van der Waals surface area contributed by atoms with E-state index in [4.69, 9.17) is 28.4 Å². The first-order valence-electron chi connectivity index (χ1n) is 21.3. The summed E-state index contributed by atoms with van der Waals surface area (Å²) in [5.74, 6) is -3.03. The number of carbonyl (C=O) groups is 1. The van der Waals surface area contributed by atoms with Gasteiger partial charge in [0, 0.05) is 32.0 Å². The van der Waals surface area contributed by atoms with Gasteiger partial charge in [-0.05, 0) is 99.8 Å². The minimum Gasteiger partial charge on any atom is -0.459 e. The minimum atomic E-state index is -4.08. The zero-order chi connectivity index (χ0) is 45.3. The van der Waals surface area contributed by atoms with Crippen molar-refractivity contribution in [3.05, 3.63) is 29.8 Å². The van der Waals surface area contributed by atoms with Gasteiger partial charge in [-0.3, -0.25) is 4.79 Å². The molecular weight excluding hydrogens is 801 g/mol. The van der Waals surface area contributed by atoms with Crippen molar-refractivity contribution in [2.75, 3.05) is 20.7 Å². The third kappa shape index (κ3) is 11.5. The third-order valence-corrected chi connectivity index (χ3v) is 14.7. The molecule has 0 amide bonds. The number of aliphatic hydroxyl groups is 5. The minimum absolute atomic E-state index is 0.0279. The molecule has 17 heteroatoms. The van der Waals surface area contributed by atoms with Crippen molar-refractivity contribution in [2.24, 2.45) is 17.8 Å². The average molecular weight is 875 g/mol. The summed E-state index contributed by atoms with van der Waals surface area (Å²) in [7, 11) is -0.809. The van der Waals surface area contributed by atoms with Crippen molar-refractivity contribution in [1.82, 2.24) is 9.62 Å². The number of methoxy groups -OCH3 is 1. The van der Waals surface area contributed by atoms with E-state index in [2.05, 4.69) is 4.72 Å². The molecule has 0 radical (unpaired) electrons. The first-order chi connectivity index (χ1) is 27.7. The number of hydrogen-bond donors (Lipinski definition) is 6. The molecule has 3 aliphatic heterocycles. The molecule has 0 bridgehead atoms. The number of esters is 1. The molecule has 346 valence electrons. The summed E-state index contributed by atoms with van der Waals surface area (Å²) in [5, 5.41) is 58.8. The monoisotopic (exact) mass is 874 g/mol. The van der Waals surface area contributed by atoms with Crippen LogP contribution >= 0.6 is 0 Å². The number of cyclic esters (lactones) is 1. The maximum Gasteiger partial charge on any atom is 0.311 e. The number of ether oxygens (including phenoxy) is 6. The van der Waals surface area contributed by atoms with E-state index in [1.165, 1.54) is 26.2 Å². The van der Waals surface area contributed by atoms with Gasteiger partial charge in [0.2, 0.25) is 10.0 Å². The number of hydrogen-bond acceptors (Lipinski definition) is 15. The molecule has 0 aliphatic carbocycles. The Morgan fingerprint density at radius 2 is 1.55 bits per heavy atom. The molecule has 18 atom stereocenters. The molecule has 3 aliphatic rings. The Hall–Kier alpha value is -1.84. The van der Waals surface area contributed by atoms with Crippen LogP contribution in [0.2, 0.25) is 0 Å². The topological polar surface area (TPSA) is 223 Å². The molecule has 6 N–H and O–H groups in total. The number of aliphatic hydroxyl groups excluding tert-OH is 3. The molecule has 0 spiro atoms. The number of carbonyl (C=O) groups excluding carboxylic acids is 1. The van der Waals surface area contributed by atoms with Crippen LogP contribution in [-0.4, -0.2) is 156 Å². The van der Waals surface area contributed by atoms with E-state index in [0.29, 0.717) is 6.54 Å². The van der Waals surface area contributed by atoms with Gasteiger partial charge in [0.15, 0.2) is 12.6 Å². The summed E-state index contributed by atoms with van der Waals surface area (Å²) in [6, 6.07) is 4.69. The number of benzene rings is 1. The second-order valence-corrected chi connectivity index (χ2v) is 20.4. The number of aryl methyl sites for hydroxylation is 1. The number of likely N-dealkylation sites (N-methyl/N-ethyl adjacent to an activating group) is 1. The molecule has 16 nitrogen and oxygen atoms in total. The summed E-state index contributed by atoms with van der Waals surface area (Å²) in [5.41, 5.74) is -3.79. The van der Waals surface area contributed by atoms with Crippen LogP contribution in [-0.2, 0) is 43.2 Å². The van der Waals surface area contributed by atoms with Crippen LogP contribution in [0, 0.1) is 24.7 Å². The number of nitrogens with zero attached hydrogens (tertiary/aromatic N) is 1. The lowest BCUT2D eigenvalue weighted by atomic mass is 9.77. The fraction of sp³-hybridized carbons (Fsp3) is 0.837. The lowest BCUT2D eigenvalue weighted by molar-refractivity contribution is -0.315. The lowest BCUT2D eigenvalue weighted by Crippen LogP contribution is -2.61. The van der Waals surface area contributed by atoms with Crippen LogP contribution in [0.3, 0.4) is 0 Å². The average Bonchev–Trinajstić information content (AvgIpc) is 3.16. The first-order valence-corrected chi connectivity index (χ1v) is 22.8.